The van der Waals surface area contributed by atoms with Crippen LogP contribution < -0.4 is 5.43 Å². The summed E-state index contributed by atoms with van der Waals surface area (Å²) in [5.41, 5.74) is 3.65. The van der Waals surface area contributed by atoms with E-state index >= 15 is 0 Å². The lowest BCUT2D eigenvalue weighted by molar-refractivity contribution is -0.384. The van der Waals surface area contributed by atoms with Crippen LogP contribution >= 0.6 is 0 Å². The molecular weight excluding hydrogens is 432 g/mol. The van der Waals surface area contributed by atoms with Crippen LogP contribution in [0.3, 0.4) is 0 Å². The minimum absolute atomic E-state index is 0.00493. The highest BCUT2D eigenvalue weighted by Crippen LogP contribution is 2.39. The van der Waals surface area contributed by atoms with Gasteiger partial charge in [-0.15, -0.1) is 0 Å². The summed E-state index contributed by atoms with van der Waals surface area (Å²) in [5, 5.41) is 11.8. The Balaban J connectivity index is 1.69. The highest BCUT2D eigenvalue weighted by atomic mass is 16.6. The monoisotopic (exact) mass is 454 g/mol. The lowest BCUT2D eigenvalue weighted by Gasteiger charge is -2.25. The quantitative estimate of drug-likeness (QED) is 0.309. The van der Waals surface area contributed by atoms with E-state index in [1.165, 1.54) is 12.1 Å². The van der Waals surface area contributed by atoms with Crippen molar-refractivity contribution in [1.82, 2.24) is 4.90 Å². The predicted octanol–water partition coefficient (Wildman–Crippen LogP) is 5.11. The van der Waals surface area contributed by atoms with Crippen LogP contribution in [0.1, 0.15) is 44.4 Å². The van der Waals surface area contributed by atoms with Gasteiger partial charge in [-0.3, -0.25) is 19.7 Å². The number of benzene rings is 3. The van der Waals surface area contributed by atoms with Gasteiger partial charge in [0.1, 0.15) is 5.58 Å². The van der Waals surface area contributed by atoms with E-state index in [-0.39, 0.29) is 28.3 Å². The van der Waals surface area contributed by atoms with Crippen molar-refractivity contribution in [2.45, 2.75) is 26.3 Å². The van der Waals surface area contributed by atoms with Crippen molar-refractivity contribution in [3.8, 4) is 0 Å². The third kappa shape index (κ3) is 3.55. The van der Waals surface area contributed by atoms with E-state index < -0.39 is 11.0 Å². The zero-order valence-electron chi connectivity index (χ0n) is 18.8. The fourth-order valence-electron chi connectivity index (χ4n) is 4.56. The first-order valence-corrected chi connectivity index (χ1v) is 11.0. The molecule has 1 atom stereocenters. The second kappa shape index (κ2) is 8.26. The maximum Gasteiger partial charge on any atom is 0.290 e. The fourth-order valence-corrected chi connectivity index (χ4v) is 4.56. The molecule has 1 aliphatic heterocycles. The molecule has 1 aliphatic rings. The van der Waals surface area contributed by atoms with Crippen molar-refractivity contribution in [1.29, 1.82) is 0 Å². The number of hydrogen-bond acceptors (Lipinski definition) is 5. The Morgan fingerprint density at radius 1 is 0.971 bits per heavy atom. The number of nitrogens with zero attached hydrogens (tertiary/aromatic N) is 2. The second-order valence-electron chi connectivity index (χ2n) is 8.60. The average Bonchev–Trinajstić information content (AvgIpc) is 3.11. The van der Waals surface area contributed by atoms with Crippen LogP contribution in [0.5, 0.6) is 0 Å². The zero-order chi connectivity index (χ0) is 24.0. The Morgan fingerprint density at radius 2 is 1.71 bits per heavy atom. The summed E-state index contributed by atoms with van der Waals surface area (Å²) in [5.74, 6) is -0.384. The molecule has 7 nitrogen and oxygen atoms in total. The van der Waals surface area contributed by atoms with Gasteiger partial charge in [0, 0.05) is 18.7 Å². The number of hydrogen-bond donors (Lipinski definition) is 0. The molecule has 0 aliphatic carbocycles. The number of nitro groups is 1. The third-order valence-corrected chi connectivity index (χ3v) is 6.46. The first-order chi connectivity index (χ1) is 16.3. The number of carbonyl (C=O) groups excluding carboxylic acids is 1. The third-order valence-electron chi connectivity index (χ3n) is 6.46. The van der Waals surface area contributed by atoms with Gasteiger partial charge in [0.05, 0.1) is 21.9 Å². The van der Waals surface area contributed by atoms with Gasteiger partial charge >= 0.3 is 0 Å². The number of rotatable bonds is 5. The second-order valence-corrected chi connectivity index (χ2v) is 8.60. The summed E-state index contributed by atoms with van der Waals surface area (Å²) in [4.78, 5) is 39.7. The van der Waals surface area contributed by atoms with E-state index in [0.29, 0.717) is 29.5 Å². The van der Waals surface area contributed by atoms with Crippen molar-refractivity contribution in [3.05, 3.63) is 121 Å². The van der Waals surface area contributed by atoms with E-state index in [2.05, 4.69) is 0 Å². The number of nitro benzene ring substituents is 1. The van der Waals surface area contributed by atoms with E-state index in [1.807, 2.05) is 44.2 Å². The number of amides is 1. The van der Waals surface area contributed by atoms with E-state index in [4.69, 9.17) is 4.42 Å². The Bertz CT molecular complexity index is 1510. The topological polar surface area (TPSA) is 93.7 Å². The molecule has 1 unspecified atom stereocenters. The summed E-state index contributed by atoms with van der Waals surface area (Å²) in [7, 11) is 0. The van der Waals surface area contributed by atoms with E-state index in [9.17, 15) is 19.7 Å². The molecular formula is C27H22N2O5. The van der Waals surface area contributed by atoms with Gasteiger partial charge in [-0.05, 0) is 54.7 Å². The van der Waals surface area contributed by atoms with Gasteiger partial charge in [0.2, 0.25) is 5.76 Å². The molecule has 1 aromatic heterocycles. The maximum atomic E-state index is 13.7. The normalized spacial score (nSPS) is 15.1. The Kier molecular flexibility index (Phi) is 5.24. The lowest BCUT2D eigenvalue weighted by Crippen LogP contribution is -2.31. The lowest BCUT2D eigenvalue weighted by atomic mass is 9.97. The van der Waals surface area contributed by atoms with Crippen LogP contribution in [0.4, 0.5) is 5.69 Å². The molecule has 0 bridgehead atoms. The van der Waals surface area contributed by atoms with Crippen LogP contribution in [-0.2, 0) is 6.42 Å². The number of carbonyl (C=O) groups is 1. The SMILES string of the molecule is Cc1cc2oc3c(c(=O)c2cc1C)C(c1cccc([N+](=O)[O-])c1)N(CCc1ccccc1)C3=O. The molecule has 2 heterocycles. The van der Waals surface area contributed by atoms with E-state index in [1.54, 1.807) is 29.2 Å². The molecule has 7 heteroatoms. The average molecular weight is 454 g/mol. The molecule has 3 aromatic carbocycles. The Morgan fingerprint density at radius 3 is 2.44 bits per heavy atom. The van der Waals surface area contributed by atoms with Crippen LogP contribution in [-0.4, -0.2) is 22.3 Å². The molecule has 0 saturated heterocycles. The Hall–Kier alpha value is -4.26. The highest BCUT2D eigenvalue weighted by Gasteiger charge is 2.42. The molecule has 4 aromatic rings. The van der Waals surface area contributed by atoms with Crippen LogP contribution in [0.25, 0.3) is 11.0 Å². The van der Waals surface area contributed by atoms with Crippen LogP contribution in [0.2, 0.25) is 0 Å². The Labute approximate surface area is 195 Å². The van der Waals surface area contributed by atoms with Crippen LogP contribution in [0, 0.1) is 24.0 Å². The summed E-state index contributed by atoms with van der Waals surface area (Å²) >= 11 is 0. The molecule has 0 saturated carbocycles. The zero-order valence-corrected chi connectivity index (χ0v) is 18.8. The van der Waals surface area contributed by atoms with Crippen molar-refractivity contribution < 1.29 is 14.1 Å². The highest BCUT2D eigenvalue weighted by molar-refractivity contribution is 5.99. The molecule has 170 valence electrons. The van der Waals surface area contributed by atoms with Gasteiger partial charge in [-0.1, -0.05) is 42.5 Å². The van der Waals surface area contributed by atoms with Crippen molar-refractivity contribution in [3.63, 3.8) is 0 Å². The smallest absolute Gasteiger partial charge is 0.290 e. The molecule has 0 N–H and O–H groups in total. The largest absolute Gasteiger partial charge is 0.450 e. The van der Waals surface area contributed by atoms with Gasteiger partial charge in [-0.2, -0.15) is 0 Å². The van der Waals surface area contributed by atoms with Crippen molar-refractivity contribution in [2.24, 2.45) is 0 Å². The van der Waals surface area contributed by atoms with Gasteiger partial charge in [0.15, 0.2) is 5.43 Å². The first kappa shape index (κ1) is 21.6. The molecule has 0 spiro atoms. The predicted molar refractivity (Wildman–Crippen MR) is 128 cm³/mol. The molecule has 34 heavy (non-hydrogen) atoms. The minimum atomic E-state index is -0.770. The molecule has 0 radical (unpaired) electrons. The van der Waals surface area contributed by atoms with Gasteiger partial charge in [-0.25, -0.2) is 0 Å². The van der Waals surface area contributed by atoms with E-state index in [0.717, 1.165) is 16.7 Å². The van der Waals surface area contributed by atoms with Crippen molar-refractivity contribution >= 4 is 22.6 Å². The first-order valence-electron chi connectivity index (χ1n) is 11.0. The molecule has 5 rings (SSSR count). The molecule has 0 fully saturated rings. The summed E-state index contributed by atoms with van der Waals surface area (Å²) in [6.45, 7) is 4.16. The number of aryl methyl sites for hydroxylation is 2. The minimum Gasteiger partial charge on any atom is -0.450 e. The number of fused-ring (bicyclic) bond motifs is 2. The van der Waals surface area contributed by atoms with Gasteiger partial charge in [0.25, 0.3) is 11.6 Å². The van der Waals surface area contributed by atoms with Crippen LogP contribution in [0.15, 0.2) is 75.9 Å². The number of non-ortho nitro benzene ring substituents is 1. The molecule has 1 amide bonds. The van der Waals surface area contributed by atoms with Crippen molar-refractivity contribution in [2.75, 3.05) is 6.54 Å². The summed E-state index contributed by atoms with van der Waals surface area (Å²) < 4.78 is 6.02. The maximum absolute atomic E-state index is 13.7. The standard InChI is InChI=1S/C27H22N2O5/c1-16-13-21-22(14-17(16)2)34-26-23(25(21)30)24(19-9-6-10-20(15-19)29(32)33)28(27(26)31)12-11-18-7-4-3-5-8-18/h3-10,13-15,24H,11-12H2,1-2H3. The fraction of sp³-hybridized carbons (Fsp3) is 0.185. The summed E-state index contributed by atoms with van der Waals surface area (Å²) in [6.07, 6.45) is 0.567. The van der Waals surface area contributed by atoms with Gasteiger partial charge < -0.3 is 9.32 Å². The summed E-state index contributed by atoms with van der Waals surface area (Å²) in [6, 6.07) is 18.6.